The number of carbonyl (C=O) groups is 2. The Hall–Kier alpha value is -0.380. The zero-order valence-corrected chi connectivity index (χ0v) is 16.2. The molecule has 0 aromatic rings. The summed E-state index contributed by atoms with van der Waals surface area (Å²) in [6, 6.07) is 0. The van der Waals surface area contributed by atoms with Crippen LogP contribution in [-0.4, -0.2) is 39.3 Å². The van der Waals surface area contributed by atoms with Gasteiger partial charge in [0.2, 0.25) is 7.01 Å². The Morgan fingerprint density at radius 3 is 2.32 bits per heavy atom. The third-order valence-corrected chi connectivity index (χ3v) is 5.24. The van der Waals surface area contributed by atoms with E-state index in [9.17, 15) is 18.0 Å². The Kier molecular flexibility index (Phi) is 11.9. The van der Waals surface area contributed by atoms with Crippen molar-refractivity contribution in [2.45, 2.75) is 52.4 Å². The predicted molar refractivity (Wildman–Crippen MR) is 92.3 cm³/mol. The Balaban J connectivity index is 3.81. The van der Waals surface area contributed by atoms with E-state index in [1.807, 2.05) is 0 Å². The summed E-state index contributed by atoms with van der Waals surface area (Å²) < 4.78 is 31.6. The molecular formula is C14H25IO6S. The van der Waals surface area contributed by atoms with Crippen LogP contribution in [0.2, 0.25) is 0 Å². The minimum Gasteiger partial charge on any atom is -0.463 e. The number of hydrogen-bond acceptors (Lipinski definition) is 6. The minimum atomic E-state index is -3.11. The molecule has 0 saturated heterocycles. The summed E-state index contributed by atoms with van der Waals surface area (Å²) >= 11 is 1.33. The Morgan fingerprint density at radius 2 is 1.77 bits per heavy atom. The number of carbonyl (C=O) groups excluding carboxylic acids is 2. The SMILES string of the molecule is CCCCC(CC)COC(=O)COC(=O)CCCS(=O)(=O)I. The highest BCUT2D eigenvalue weighted by Gasteiger charge is 2.13. The number of ether oxygens (including phenoxy) is 2. The third kappa shape index (κ3) is 13.3. The van der Waals surface area contributed by atoms with Crippen LogP contribution in [0.4, 0.5) is 0 Å². The van der Waals surface area contributed by atoms with Crippen LogP contribution in [0.15, 0.2) is 0 Å². The van der Waals surface area contributed by atoms with Gasteiger partial charge in [-0.1, -0.05) is 33.1 Å². The molecule has 0 bridgehead atoms. The highest BCUT2D eigenvalue weighted by Crippen LogP contribution is 2.13. The summed E-state index contributed by atoms with van der Waals surface area (Å²) in [5, 5.41) is 0. The molecule has 0 fully saturated rings. The second-order valence-electron chi connectivity index (χ2n) is 5.11. The molecule has 0 heterocycles. The molecule has 22 heavy (non-hydrogen) atoms. The van der Waals surface area contributed by atoms with Crippen LogP contribution in [0.25, 0.3) is 0 Å². The quantitative estimate of drug-likeness (QED) is 0.259. The molecule has 6 nitrogen and oxygen atoms in total. The molecule has 130 valence electrons. The van der Waals surface area contributed by atoms with Gasteiger partial charge in [0, 0.05) is 6.42 Å². The summed E-state index contributed by atoms with van der Waals surface area (Å²) in [6.45, 7) is 4.09. The predicted octanol–water partition coefficient (Wildman–Crippen LogP) is 2.83. The average Bonchev–Trinajstić information content (AvgIpc) is 2.44. The van der Waals surface area contributed by atoms with E-state index in [4.69, 9.17) is 9.47 Å². The lowest BCUT2D eigenvalue weighted by atomic mass is 10.0. The van der Waals surface area contributed by atoms with Crippen LogP contribution in [0.1, 0.15) is 52.4 Å². The highest BCUT2D eigenvalue weighted by atomic mass is 127. The van der Waals surface area contributed by atoms with Gasteiger partial charge in [-0.2, -0.15) is 0 Å². The maximum absolute atomic E-state index is 11.5. The highest BCUT2D eigenvalue weighted by molar-refractivity contribution is 14.2. The first-order valence-corrected chi connectivity index (χ1v) is 11.7. The maximum atomic E-state index is 11.5. The maximum Gasteiger partial charge on any atom is 0.344 e. The van der Waals surface area contributed by atoms with E-state index in [0.717, 1.165) is 25.7 Å². The van der Waals surface area contributed by atoms with Crippen molar-refractivity contribution in [3.05, 3.63) is 0 Å². The molecule has 0 saturated carbocycles. The lowest BCUT2D eigenvalue weighted by Crippen LogP contribution is -2.20. The van der Waals surface area contributed by atoms with Crippen molar-refractivity contribution in [2.75, 3.05) is 19.0 Å². The number of rotatable bonds is 12. The smallest absolute Gasteiger partial charge is 0.344 e. The molecule has 8 heteroatoms. The molecule has 0 aromatic heterocycles. The van der Waals surface area contributed by atoms with E-state index in [0.29, 0.717) is 12.5 Å². The average molecular weight is 448 g/mol. The summed E-state index contributed by atoms with van der Waals surface area (Å²) in [5.41, 5.74) is 0. The van der Waals surface area contributed by atoms with E-state index in [1.54, 1.807) is 0 Å². The number of hydrogen-bond donors (Lipinski definition) is 0. The van der Waals surface area contributed by atoms with Gasteiger partial charge in [0.05, 0.1) is 33.6 Å². The van der Waals surface area contributed by atoms with Gasteiger partial charge >= 0.3 is 11.9 Å². The molecular weight excluding hydrogens is 423 g/mol. The molecule has 0 aromatic carbocycles. The van der Waals surface area contributed by atoms with Crippen molar-refractivity contribution in [3.63, 3.8) is 0 Å². The van der Waals surface area contributed by atoms with E-state index in [-0.39, 0.29) is 18.6 Å². The van der Waals surface area contributed by atoms with Crippen molar-refractivity contribution in [2.24, 2.45) is 5.92 Å². The van der Waals surface area contributed by atoms with Gasteiger partial charge < -0.3 is 9.47 Å². The second-order valence-corrected chi connectivity index (χ2v) is 10.6. The first-order valence-electron chi connectivity index (χ1n) is 7.52. The topological polar surface area (TPSA) is 86.7 Å². The van der Waals surface area contributed by atoms with Crippen molar-refractivity contribution < 1.29 is 27.5 Å². The molecule has 0 rings (SSSR count). The zero-order chi connectivity index (χ0) is 17.0. The Labute approximate surface area is 144 Å². The van der Waals surface area contributed by atoms with Gasteiger partial charge in [0.25, 0.3) is 0 Å². The van der Waals surface area contributed by atoms with Crippen LogP contribution < -0.4 is 0 Å². The van der Waals surface area contributed by atoms with Crippen molar-refractivity contribution >= 4 is 40.2 Å². The molecule has 0 radical (unpaired) electrons. The molecule has 1 atom stereocenters. The van der Waals surface area contributed by atoms with E-state index < -0.39 is 25.6 Å². The minimum absolute atomic E-state index is 0.0242. The molecule has 0 aliphatic rings. The van der Waals surface area contributed by atoms with Gasteiger partial charge in [-0.15, -0.1) is 0 Å². The van der Waals surface area contributed by atoms with E-state index >= 15 is 0 Å². The van der Waals surface area contributed by atoms with Gasteiger partial charge in [-0.25, -0.2) is 13.2 Å². The van der Waals surface area contributed by atoms with E-state index in [2.05, 4.69) is 13.8 Å². The van der Waals surface area contributed by atoms with Crippen LogP contribution in [-0.2, 0) is 26.1 Å². The first-order chi connectivity index (χ1) is 10.3. The third-order valence-electron chi connectivity index (χ3n) is 3.14. The van der Waals surface area contributed by atoms with Crippen LogP contribution >= 0.6 is 21.2 Å². The normalized spacial score (nSPS) is 12.7. The fourth-order valence-corrected chi connectivity index (χ4v) is 3.17. The standard InChI is InChI=1S/C14H25IO6S/c1-3-5-7-12(4-2)10-20-14(17)11-21-13(16)8-6-9-22(15,18)19/h12H,3-11H2,1-2H3. The van der Waals surface area contributed by atoms with Gasteiger partial charge in [-0.05, 0) is 18.8 Å². The van der Waals surface area contributed by atoms with E-state index in [1.165, 1.54) is 21.2 Å². The van der Waals surface area contributed by atoms with Gasteiger partial charge in [-0.3, -0.25) is 4.79 Å². The largest absolute Gasteiger partial charge is 0.463 e. The molecule has 0 spiro atoms. The lowest BCUT2D eigenvalue weighted by Gasteiger charge is -2.14. The molecule has 0 N–H and O–H groups in total. The Bertz CT molecular complexity index is 435. The second kappa shape index (κ2) is 12.1. The zero-order valence-electron chi connectivity index (χ0n) is 13.2. The molecule has 0 amide bonds. The fourth-order valence-electron chi connectivity index (χ4n) is 1.75. The Morgan fingerprint density at radius 1 is 1.09 bits per heavy atom. The summed E-state index contributed by atoms with van der Waals surface area (Å²) in [5.74, 6) is -0.892. The summed E-state index contributed by atoms with van der Waals surface area (Å²) in [6.07, 6.45) is 4.33. The fraction of sp³-hybridized carbons (Fsp3) is 0.857. The first kappa shape index (κ1) is 21.6. The van der Waals surface area contributed by atoms with Crippen molar-refractivity contribution in [3.8, 4) is 0 Å². The van der Waals surface area contributed by atoms with Crippen LogP contribution in [0, 0.1) is 5.92 Å². The summed E-state index contributed by atoms with van der Waals surface area (Å²) in [4.78, 5) is 22.8. The summed E-state index contributed by atoms with van der Waals surface area (Å²) in [7, 11) is -3.11. The van der Waals surface area contributed by atoms with Crippen LogP contribution in [0.5, 0.6) is 0 Å². The van der Waals surface area contributed by atoms with Crippen LogP contribution in [0.3, 0.4) is 0 Å². The number of esters is 2. The monoisotopic (exact) mass is 448 g/mol. The van der Waals surface area contributed by atoms with Gasteiger partial charge in [0.1, 0.15) is 0 Å². The van der Waals surface area contributed by atoms with Crippen molar-refractivity contribution in [1.82, 2.24) is 0 Å². The molecule has 0 aliphatic carbocycles. The lowest BCUT2D eigenvalue weighted by molar-refractivity contribution is -0.159. The molecule has 0 aliphatic heterocycles. The number of halogens is 1. The number of unbranched alkanes of at least 4 members (excludes halogenated alkanes) is 1. The van der Waals surface area contributed by atoms with Gasteiger partial charge in [0.15, 0.2) is 6.61 Å². The molecule has 1 unspecified atom stereocenters. The van der Waals surface area contributed by atoms with Crippen molar-refractivity contribution in [1.29, 1.82) is 0 Å².